The lowest BCUT2D eigenvalue weighted by atomic mass is 10.1. The molecule has 0 saturated heterocycles. The Labute approximate surface area is 224 Å². The minimum absolute atomic E-state index is 0.114. The lowest BCUT2D eigenvalue weighted by Crippen LogP contribution is -2.32. The predicted octanol–water partition coefficient (Wildman–Crippen LogP) is 5.03. The van der Waals surface area contributed by atoms with Crippen molar-refractivity contribution in [3.8, 4) is 34.3 Å². The number of sulfonamides is 1. The number of fused-ring (bicyclic) bond motifs is 1. The van der Waals surface area contributed by atoms with Gasteiger partial charge in [0, 0.05) is 23.7 Å². The van der Waals surface area contributed by atoms with Gasteiger partial charge in [-0.05, 0) is 54.6 Å². The van der Waals surface area contributed by atoms with Gasteiger partial charge in [-0.2, -0.15) is 0 Å². The quantitative estimate of drug-likeness (QED) is 0.292. The largest absolute Gasteiger partial charge is 0.495 e. The predicted molar refractivity (Wildman–Crippen MR) is 144 cm³/mol. The lowest BCUT2D eigenvalue weighted by molar-refractivity contribution is 0.203. The van der Waals surface area contributed by atoms with Crippen molar-refractivity contribution in [1.82, 2.24) is 5.32 Å². The molecule has 38 heavy (non-hydrogen) atoms. The van der Waals surface area contributed by atoms with E-state index in [0.29, 0.717) is 27.5 Å². The van der Waals surface area contributed by atoms with Gasteiger partial charge in [0.1, 0.15) is 22.8 Å². The Morgan fingerprint density at radius 2 is 1.71 bits per heavy atom. The summed E-state index contributed by atoms with van der Waals surface area (Å²) in [5, 5.41) is 12.8. The van der Waals surface area contributed by atoms with Gasteiger partial charge in [0.05, 0.1) is 37.6 Å². The molecule has 0 unspecified atom stereocenters. The Bertz CT molecular complexity index is 1550. The zero-order valence-corrected chi connectivity index (χ0v) is 22.3. The monoisotopic (exact) mass is 560 g/mol. The molecule has 0 aliphatic heterocycles. The summed E-state index contributed by atoms with van der Waals surface area (Å²) in [7, 11) is -0.958. The van der Waals surface area contributed by atoms with E-state index in [-0.39, 0.29) is 35.1 Å². The highest BCUT2D eigenvalue weighted by Crippen LogP contribution is 2.45. The first kappa shape index (κ1) is 27.1. The zero-order chi connectivity index (χ0) is 27.4. The molecule has 0 atom stereocenters. The molecular formula is C26H25ClN2O8S. The Morgan fingerprint density at radius 3 is 2.26 bits per heavy atom. The van der Waals surface area contributed by atoms with Gasteiger partial charge in [-0.3, -0.25) is 4.31 Å². The molecule has 3 aromatic carbocycles. The van der Waals surface area contributed by atoms with Crippen LogP contribution in [0.3, 0.4) is 0 Å². The number of nitrogens with zero attached hydrogens (tertiary/aromatic N) is 1. The van der Waals surface area contributed by atoms with Crippen LogP contribution in [0.4, 0.5) is 10.5 Å². The Morgan fingerprint density at radius 1 is 1.08 bits per heavy atom. The second-order valence-corrected chi connectivity index (χ2v) is 10.4. The molecule has 10 nitrogen and oxygen atoms in total. The Hall–Kier alpha value is -3.93. The van der Waals surface area contributed by atoms with Gasteiger partial charge >= 0.3 is 6.09 Å². The number of furan rings is 1. The van der Waals surface area contributed by atoms with Gasteiger partial charge in [0.2, 0.25) is 10.0 Å². The van der Waals surface area contributed by atoms with Crippen LogP contribution in [0.5, 0.6) is 23.0 Å². The average Bonchev–Trinajstić information content (AvgIpc) is 3.24. The van der Waals surface area contributed by atoms with E-state index in [1.165, 1.54) is 26.3 Å². The normalized spacial score (nSPS) is 11.3. The van der Waals surface area contributed by atoms with E-state index in [1.54, 1.807) is 48.5 Å². The third-order valence-corrected chi connectivity index (χ3v) is 6.91. The van der Waals surface area contributed by atoms with E-state index in [4.69, 9.17) is 30.2 Å². The van der Waals surface area contributed by atoms with Crippen LogP contribution >= 0.6 is 11.6 Å². The number of nitrogens with one attached hydrogen (secondary N) is 1. The minimum Gasteiger partial charge on any atom is -0.495 e. The highest BCUT2D eigenvalue weighted by Gasteiger charge is 2.26. The lowest BCUT2D eigenvalue weighted by Gasteiger charge is -2.23. The molecule has 2 N–H and O–H groups in total. The number of hydrogen-bond donors (Lipinski definition) is 2. The third kappa shape index (κ3) is 5.80. The van der Waals surface area contributed by atoms with Crippen molar-refractivity contribution in [2.75, 3.05) is 37.9 Å². The zero-order valence-electron chi connectivity index (χ0n) is 20.7. The molecule has 1 aromatic heterocycles. The van der Waals surface area contributed by atoms with Gasteiger partial charge in [-0.15, -0.1) is 0 Å². The first-order valence-corrected chi connectivity index (χ1v) is 13.5. The van der Waals surface area contributed by atoms with Crippen LogP contribution in [0.25, 0.3) is 22.3 Å². The molecule has 0 spiro atoms. The maximum Gasteiger partial charge on any atom is 0.412 e. The standard InChI is InChI=1S/C26H25ClN2O8S/c1-28-26(31)37-25-20-14-23(34-2)21(29(12-13-30)38(3,32)33)15-22(20)36-24(25)16-4-8-18(9-5-16)35-19-10-6-17(27)7-11-19/h4-11,14-15,30H,12-13H2,1-3H3,(H,28,31). The van der Waals surface area contributed by atoms with Gasteiger partial charge in [-0.25, -0.2) is 13.2 Å². The fraction of sp³-hybridized carbons (Fsp3) is 0.192. The van der Waals surface area contributed by atoms with Crippen LogP contribution in [-0.4, -0.2) is 53.2 Å². The molecule has 0 bridgehead atoms. The van der Waals surface area contributed by atoms with Crippen LogP contribution in [0.15, 0.2) is 65.1 Å². The number of rotatable bonds is 9. The number of halogens is 1. The molecule has 200 valence electrons. The van der Waals surface area contributed by atoms with Gasteiger partial charge < -0.3 is 29.1 Å². The molecule has 1 amide bonds. The number of amides is 1. The topological polar surface area (TPSA) is 128 Å². The van der Waals surface area contributed by atoms with Crippen molar-refractivity contribution in [2.45, 2.75) is 0 Å². The van der Waals surface area contributed by atoms with Crippen molar-refractivity contribution >= 4 is 44.4 Å². The summed E-state index contributed by atoms with van der Waals surface area (Å²) in [6.45, 7) is -0.599. The summed E-state index contributed by atoms with van der Waals surface area (Å²) in [6.07, 6.45) is 0.297. The first-order valence-electron chi connectivity index (χ1n) is 11.3. The third-order valence-electron chi connectivity index (χ3n) is 5.48. The van der Waals surface area contributed by atoms with Crippen LogP contribution in [0.2, 0.25) is 5.02 Å². The summed E-state index contributed by atoms with van der Waals surface area (Å²) in [5.41, 5.74) is 0.970. The fourth-order valence-corrected chi connectivity index (χ4v) is 4.79. The number of anilines is 1. The maximum absolute atomic E-state index is 12.4. The second kappa shape index (κ2) is 11.2. The van der Waals surface area contributed by atoms with Crippen molar-refractivity contribution in [3.05, 3.63) is 65.7 Å². The van der Waals surface area contributed by atoms with Crippen molar-refractivity contribution in [3.63, 3.8) is 0 Å². The van der Waals surface area contributed by atoms with Crippen LogP contribution in [0.1, 0.15) is 0 Å². The number of ether oxygens (including phenoxy) is 3. The highest BCUT2D eigenvalue weighted by molar-refractivity contribution is 7.92. The number of aliphatic hydroxyl groups is 1. The summed E-state index contributed by atoms with van der Waals surface area (Å²) in [4.78, 5) is 12.2. The number of carbonyl (C=O) groups is 1. The molecule has 0 fully saturated rings. The van der Waals surface area contributed by atoms with Crippen LogP contribution < -0.4 is 23.8 Å². The number of methoxy groups -OCH3 is 1. The molecule has 12 heteroatoms. The SMILES string of the molecule is CNC(=O)Oc1c(-c2ccc(Oc3ccc(Cl)cc3)cc2)oc2cc(N(CCO)S(C)(=O)=O)c(OC)cc12. The number of hydrogen-bond acceptors (Lipinski definition) is 8. The number of aliphatic hydroxyl groups excluding tert-OH is 1. The van der Waals surface area contributed by atoms with Gasteiger partial charge in [0.25, 0.3) is 0 Å². The molecule has 0 aliphatic carbocycles. The number of benzene rings is 3. The smallest absolute Gasteiger partial charge is 0.412 e. The molecular weight excluding hydrogens is 536 g/mol. The van der Waals surface area contributed by atoms with Gasteiger partial charge in [0.15, 0.2) is 11.5 Å². The fourth-order valence-electron chi connectivity index (χ4n) is 3.75. The molecule has 1 heterocycles. The molecule has 0 saturated carbocycles. The van der Waals surface area contributed by atoms with Crippen LogP contribution in [-0.2, 0) is 10.0 Å². The number of carbonyl (C=O) groups excluding carboxylic acids is 1. The van der Waals surface area contributed by atoms with E-state index in [0.717, 1.165) is 10.6 Å². The first-order chi connectivity index (χ1) is 18.1. The molecule has 0 radical (unpaired) electrons. The van der Waals surface area contributed by atoms with E-state index >= 15 is 0 Å². The summed E-state index contributed by atoms with van der Waals surface area (Å²) in [5.74, 6) is 1.68. The Kier molecular flexibility index (Phi) is 8.00. The molecule has 0 aliphatic rings. The van der Waals surface area contributed by atoms with Crippen LogP contribution in [0, 0.1) is 0 Å². The van der Waals surface area contributed by atoms with E-state index in [1.807, 2.05) is 0 Å². The van der Waals surface area contributed by atoms with E-state index in [2.05, 4.69) is 5.32 Å². The second-order valence-electron chi connectivity index (χ2n) is 8.06. The summed E-state index contributed by atoms with van der Waals surface area (Å²) < 4.78 is 48.7. The van der Waals surface area contributed by atoms with Crippen molar-refractivity contribution in [1.29, 1.82) is 0 Å². The average molecular weight is 561 g/mol. The van der Waals surface area contributed by atoms with Crippen molar-refractivity contribution < 1.29 is 36.9 Å². The van der Waals surface area contributed by atoms with Crippen molar-refractivity contribution in [2.24, 2.45) is 0 Å². The summed E-state index contributed by atoms with van der Waals surface area (Å²) in [6, 6.07) is 16.8. The summed E-state index contributed by atoms with van der Waals surface area (Å²) >= 11 is 5.92. The molecule has 4 aromatic rings. The van der Waals surface area contributed by atoms with Gasteiger partial charge in [-0.1, -0.05) is 11.6 Å². The Balaban J connectivity index is 1.81. The minimum atomic E-state index is -3.76. The highest BCUT2D eigenvalue weighted by atomic mass is 35.5. The van der Waals surface area contributed by atoms with E-state index < -0.39 is 22.7 Å². The maximum atomic E-state index is 12.4. The van der Waals surface area contributed by atoms with E-state index in [9.17, 15) is 18.3 Å². The molecule has 4 rings (SSSR count).